The number of halogens is 1. The summed E-state index contributed by atoms with van der Waals surface area (Å²) >= 11 is 6.81. The molecule has 0 unspecified atom stereocenters. The summed E-state index contributed by atoms with van der Waals surface area (Å²) < 4.78 is 11.5. The maximum absolute atomic E-state index is 13.4. The molecule has 2 aromatic rings. The van der Waals surface area contributed by atoms with Crippen LogP contribution < -0.4 is 5.73 Å². The van der Waals surface area contributed by atoms with Gasteiger partial charge in [0.05, 0.1) is 19.3 Å². The number of aryl methyl sites for hydroxylation is 2. The first kappa shape index (κ1) is 29.0. The topological polar surface area (TPSA) is 105 Å². The van der Waals surface area contributed by atoms with E-state index in [2.05, 4.69) is 26.0 Å². The molecule has 8 heteroatoms. The predicted molar refractivity (Wildman–Crippen MR) is 149 cm³/mol. The molecule has 4 rings (SSSR count). The number of unbranched alkanes of at least 4 members (excludes halogenated alkanes) is 1. The van der Waals surface area contributed by atoms with Crippen molar-refractivity contribution in [3.05, 3.63) is 58.1 Å². The summed E-state index contributed by atoms with van der Waals surface area (Å²) in [6.45, 7) is 5.73. The monoisotopic (exact) mass is 544 g/mol. The molecular formula is C30H41ClN2O5. The van der Waals surface area contributed by atoms with Gasteiger partial charge in [0, 0.05) is 42.8 Å². The minimum absolute atomic E-state index is 0.0347. The molecule has 0 aromatic heterocycles. The summed E-state index contributed by atoms with van der Waals surface area (Å²) in [5.41, 5.74) is 9.32. The van der Waals surface area contributed by atoms with Crippen LogP contribution in [0.1, 0.15) is 48.8 Å². The Labute approximate surface area is 230 Å². The van der Waals surface area contributed by atoms with Crippen LogP contribution >= 0.6 is 11.6 Å². The van der Waals surface area contributed by atoms with Crippen LogP contribution in [0, 0.1) is 19.8 Å². The number of morpholine rings is 1. The zero-order chi connectivity index (χ0) is 27.4. The van der Waals surface area contributed by atoms with E-state index in [1.54, 1.807) is 12.0 Å². The number of nitrogens with zero attached hydrogens (tertiary/aromatic N) is 1. The van der Waals surface area contributed by atoms with E-state index in [0.29, 0.717) is 56.0 Å². The first-order chi connectivity index (χ1) is 18.2. The van der Waals surface area contributed by atoms with E-state index in [9.17, 15) is 15.0 Å². The molecule has 7 nitrogen and oxygen atoms in total. The number of hydrogen-bond acceptors (Lipinski definition) is 6. The quantitative estimate of drug-likeness (QED) is 0.413. The van der Waals surface area contributed by atoms with Gasteiger partial charge in [0.25, 0.3) is 0 Å². The highest BCUT2D eigenvalue weighted by Crippen LogP contribution is 2.43. The van der Waals surface area contributed by atoms with E-state index in [1.165, 1.54) is 5.56 Å². The molecule has 1 heterocycles. The van der Waals surface area contributed by atoms with Crippen molar-refractivity contribution in [3.63, 3.8) is 0 Å². The Morgan fingerprint density at radius 1 is 1.21 bits per heavy atom. The first-order valence-electron chi connectivity index (χ1n) is 13.6. The lowest BCUT2D eigenvalue weighted by Gasteiger charge is -2.44. The van der Waals surface area contributed by atoms with Crippen LogP contribution in [0.25, 0.3) is 11.1 Å². The van der Waals surface area contributed by atoms with Gasteiger partial charge in [-0.2, -0.15) is 0 Å². The van der Waals surface area contributed by atoms with Crippen LogP contribution in [0.2, 0.25) is 5.02 Å². The largest absolute Gasteiger partial charge is 0.391 e. The number of ether oxygens (including phenoxy) is 2. The van der Waals surface area contributed by atoms with Gasteiger partial charge in [-0.05, 0) is 74.3 Å². The number of methoxy groups -OCH3 is 1. The maximum atomic E-state index is 13.4. The van der Waals surface area contributed by atoms with Gasteiger partial charge in [0.2, 0.25) is 5.91 Å². The Bertz CT molecular complexity index is 1120. The number of hydrogen-bond donors (Lipinski definition) is 3. The lowest BCUT2D eigenvalue weighted by Crippen LogP contribution is -2.55. The van der Waals surface area contributed by atoms with E-state index in [-0.39, 0.29) is 24.4 Å². The molecule has 0 bridgehead atoms. The predicted octanol–water partition coefficient (Wildman–Crippen LogP) is 3.95. The van der Waals surface area contributed by atoms with Gasteiger partial charge in [-0.1, -0.05) is 41.9 Å². The highest BCUT2D eigenvalue weighted by molar-refractivity contribution is 6.33. The number of aliphatic hydroxyl groups excluding tert-OH is 1. The lowest BCUT2D eigenvalue weighted by atomic mass is 9.78. The van der Waals surface area contributed by atoms with E-state index in [0.717, 1.165) is 23.1 Å². The molecule has 2 aromatic carbocycles. The average Bonchev–Trinajstić information content (AvgIpc) is 3.25. The minimum Gasteiger partial charge on any atom is -0.391 e. The smallest absolute Gasteiger partial charge is 0.226 e. The third kappa shape index (κ3) is 6.09. The van der Waals surface area contributed by atoms with Crippen LogP contribution in [0.4, 0.5) is 0 Å². The summed E-state index contributed by atoms with van der Waals surface area (Å²) in [5.74, 6) is -0.349. The van der Waals surface area contributed by atoms with Gasteiger partial charge in [0.15, 0.2) is 0 Å². The zero-order valence-corrected chi connectivity index (χ0v) is 23.4. The average molecular weight is 545 g/mol. The number of aliphatic hydroxyl groups is 2. The molecule has 4 N–H and O–H groups in total. The summed E-state index contributed by atoms with van der Waals surface area (Å²) in [4.78, 5) is 15.2. The number of carbonyl (C=O) groups excluding carboxylic acids is 1. The highest BCUT2D eigenvalue weighted by atomic mass is 35.5. The molecule has 2 aliphatic rings. The lowest BCUT2D eigenvalue weighted by molar-refractivity contribution is -0.167. The van der Waals surface area contributed by atoms with Gasteiger partial charge in [-0.25, -0.2) is 0 Å². The Morgan fingerprint density at radius 2 is 2.00 bits per heavy atom. The molecular weight excluding hydrogens is 504 g/mol. The molecule has 1 amide bonds. The van der Waals surface area contributed by atoms with E-state index >= 15 is 0 Å². The van der Waals surface area contributed by atoms with E-state index in [1.807, 2.05) is 24.3 Å². The van der Waals surface area contributed by atoms with E-state index < -0.39 is 17.8 Å². The van der Waals surface area contributed by atoms with Gasteiger partial charge in [-0.3, -0.25) is 4.79 Å². The van der Waals surface area contributed by atoms with Gasteiger partial charge in [0.1, 0.15) is 11.7 Å². The van der Waals surface area contributed by atoms with Crippen LogP contribution in [0.5, 0.6) is 0 Å². The van der Waals surface area contributed by atoms with Gasteiger partial charge in [-0.15, -0.1) is 0 Å². The second-order valence-corrected chi connectivity index (χ2v) is 11.3. The van der Waals surface area contributed by atoms with Crippen LogP contribution in [-0.4, -0.2) is 72.7 Å². The molecule has 1 aliphatic heterocycles. The van der Waals surface area contributed by atoms with Crippen LogP contribution in [0.3, 0.4) is 0 Å². The van der Waals surface area contributed by atoms with Crippen molar-refractivity contribution in [3.8, 4) is 11.1 Å². The second kappa shape index (κ2) is 12.5. The third-order valence-electron chi connectivity index (χ3n) is 8.27. The van der Waals surface area contributed by atoms with Crippen molar-refractivity contribution in [2.24, 2.45) is 11.7 Å². The summed E-state index contributed by atoms with van der Waals surface area (Å²) in [7, 11) is 1.67. The fourth-order valence-electron chi connectivity index (χ4n) is 5.83. The molecule has 208 valence electrons. The Morgan fingerprint density at radius 3 is 2.68 bits per heavy atom. The van der Waals surface area contributed by atoms with Crippen molar-refractivity contribution in [2.75, 3.05) is 33.4 Å². The summed E-state index contributed by atoms with van der Waals surface area (Å²) in [6, 6.07) is 11.4. The Kier molecular flexibility index (Phi) is 9.50. The highest BCUT2D eigenvalue weighted by Gasteiger charge is 2.45. The number of rotatable bonds is 9. The SMILES string of the molecule is COCCCC[C@](O)(c1cccc(Cl)c1-c1ccc(C)c(C)c1)[C@H]1CN(C(=O)[C@H]2C[C@@H](N)[C@@H](O)C2)CCO1. The van der Waals surface area contributed by atoms with Crippen molar-refractivity contribution in [1.82, 2.24) is 4.90 Å². The van der Waals surface area contributed by atoms with Gasteiger partial charge < -0.3 is 30.3 Å². The second-order valence-electron chi connectivity index (χ2n) is 10.9. The normalized spacial score (nSPS) is 25.4. The molecule has 1 saturated carbocycles. The minimum atomic E-state index is -1.39. The molecule has 2 fully saturated rings. The van der Waals surface area contributed by atoms with Crippen LogP contribution in [0.15, 0.2) is 36.4 Å². The molecule has 5 atom stereocenters. The van der Waals surface area contributed by atoms with Crippen molar-refractivity contribution in [2.45, 2.75) is 69.8 Å². The number of amides is 1. The number of benzene rings is 2. The molecule has 38 heavy (non-hydrogen) atoms. The molecule has 0 spiro atoms. The van der Waals surface area contributed by atoms with Crippen LogP contribution in [-0.2, 0) is 19.9 Å². The first-order valence-corrected chi connectivity index (χ1v) is 14.0. The van der Waals surface area contributed by atoms with Gasteiger partial charge >= 0.3 is 0 Å². The number of carbonyl (C=O) groups is 1. The van der Waals surface area contributed by atoms with Crippen molar-refractivity contribution >= 4 is 17.5 Å². The molecule has 0 radical (unpaired) electrons. The van der Waals surface area contributed by atoms with Crippen molar-refractivity contribution in [1.29, 1.82) is 0 Å². The Balaban J connectivity index is 1.69. The summed E-state index contributed by atoms with van der Waals surface area (Å²) in [6.07, 6.45) is 1.45. The maximum Gasteiger partial charge on any atom is 0.226 e. The fourth-order valence-corrected chi connectivity index (χ4v) is 6.12. The molecule has 1 saturated heterocycles. The summed E-state index contributed by atoms with van der Waals surface area (Å²) in [5, 5.41) is 23.2. The van der Waals surface area contributed by atoms with Crippen molar-refractivity contribution < 1.29 is 24.5 Å². The molecule has 1 aliphatic carbocycles. The standard InChI is InChI=1S/C30H41ClN2O5/c1-19-9-10-21(15-20(19)2)28-23(7-6-8-24(28)31)30(36,11-4-5-13-37-3)27-18-33(12-14-38-27)29(35)22-16-25(32)26(34)17-22/h6-10,15,22,25-27,34,36H,4-5,11-14,16-18,32H2,1-3H3/t22-,25+,26-,27+,30-/m0/s1. The Hall–Kier alpha value is -2.00. The third-order valence-corrected chi connectivity index (χ3v) is 8.58. The number of nitrogens with two attached hydrogens (primary N) is 1. The fraction of sp³-hybridized carbons (Fsp3) is 0.567. The van der Waals surface area contributed by atoms with E-state index in [4.69, 9.17) is 26.8 Å². The zero-order valence-electron chi connectivity index (χ0n) is 22.7.